The smallest absolute Gasteiger partial charge is 0.282 e. The average molecular weight is 424 g/mol. The lowest BCUT2D eigenvalue weighted by molar-refractivity contribution is -0.134. The van der Waals surface area contributed by atoms with Crippen LogP contribution in [0.15, 0.2) is 18.2 Å². The van der Waals surface area contributed by atoms with Crippen LogP contribution in [-0.4, -0.2) is 73.7 Å². The van der Waals surface area contributed by atoms with Crippen molar-refractivity contribution in [3.05, 3.63) is 28.2 Å². The molecule has 1 aromatic carbocycles. The first-order valence-electron chi connectivity index (χ1n) is 8.40. The van der Waals surface area contributed by atoms with E-state index in [-0.39, 0.29) is 25.6 Å². The largest absolute Gasteiger partial charge is 0.482 e. The Bertz CT molecular complexity index is 733. The minimum Gasteiger partial charge on any atom is -0.482 e. The summed E-state index contributed by atoms with van der Waals surface area (Å²) in [6.07, 6.45) is 0. The quantitative estimate of drug-likeness (QED) is 0.672. The van der Waals surface area contributed by atoms with Gasteiger partial charge in [0.1, 0.15) is 5.75 Å². The molecule has 0 N–H and O–H groups in total. The molecule has 10 heteroatoms. The third-order valence-electron chi connectivity index (χ3n) is 4.19. The van der Waals surface area contributed by atoms with Gasteiger partial charge in [-0.2, -0.15) is 17.0 Å². The molecule has 1 fully saturated rings. The van der Waals surface area contributed by atoms with Gasteiger partial charge in [0.05, 0.1) is 5.02 Å². The summed E-state index contributed by atoms with van der Waals surface area (Å²) >= 11 is 11.9. The van der Waals surface area contributed by atoms with Crippen molar-refractivity contribution in [2.24, 2.45) is 0 Å². The highest BCUT2D eigenvalue weighted by atomic mass is 35.5. The van der Waals surface area contributed by atoms with Gasteiger partial charge in [-0.15, -0.1) is 0 Å². The van der Waals surface area contributed by atoms with E-state index < -0.39 is 10.2 Å². The summed E-state index contributed by atoms with van der Waals surface area (Å²) in [5, 5.41) is 0.837. The lowest BCUT2D eigenvalue weighted by atomic mass is 10.3. The summed E-state index contributed by atoms with van der Waals surface area (Å²) in [6, 6.07) is 4.78. The van der Waals surface area contributed by atoms with Crippen molar-refractivity contribution in [2.45, 2.75) is 13.8 Å². The number of halogens is 2. The standard InChI is InChI=1S/C16H23Cl2N3O4S/c1-3-20(4-2)26(23,24)21-9-7-19(8-10-21)16(22)12-25-15-11-13(17)5-6-14(15)18/h5-6,11H,3-4,7-10,12H2,1-2H3. The van der Waals surface area contributed by atoms with Gasteiger partial charge in [-0.25, -0.2) is 0 Å². The van der Waals surface area contributed by atoms with E-state index in [0.717, 1.165) is 0 Å². The summed E-state index contributed by atoms with van der Waals surface area (Å²) in [5.41, 5.74) is 0. The monoisotopic (exact) mass is 423 g/mol. The predicted octanol–water partition coefficient (Wildman–Crippen LogP) is 2.10. The molecule has 0 aliphatic carbocycles. The fourth-order valence-electron chi connectivity index (χ4n) is 2.70. The third kappa shape index (κ3) is 5.01. The molecule has 7 nitrogen and oxygen atoms in total. The number of benzene rings is 1. The van der Waals surface area contributed by atoms with E-state index in [0.29, 0.717) is 42.0 Å². The van der Waals surface area contributed by atoms with Crippen molar-refractivity contribution in [1.82, 2.24) is 13.5 Å². The van der Waals surface area contributed by atoms with Crippen LogP contribution in [0.3, 0.4) is 0 Å². The number of hydrogen-bond donors (Lipinski definition) is 0. The highest BCUT2D eigenvalue weighted by Crippen LogP contribution is 2.27. The van der Waals surface area contributed by atoms with Crippen LogP contribution >= 0.6 is 23.2 Å². The molecule has 0 atom stereocenters. The molecule has 1 aliphatic heterocycles. The highest BCUT2D eigenvalue weighted by molar-refractivity contribution is 7.86. The van der Waals surface area contributed by atoms with Crippen molar-refractivity contribution in [1.29, 1.82) is 0 Å². The number of amides is 1. The average Bonchev–Trinajstić information content (AvgIpc) is 2.63. The summed E-state index contributed by atoms with van der Waals surface area (Å²) in [5.74, 6) is 0.121. The van der Waals surface area contributed by atoms with Gasteiger partial charge in [-0.3, -0.25) is 4.79 Å². The first-order chi connectivity index (χ1) is 12.3. The van der Waals surface area contributed by atoms with E-state index in [1.807, 2.05) is 0 Å². The number of nitrogens with zero attached hydrogens (tertiary/aromatic N) is 3. The number of piperazine rings is 1. The second-order valence-corrected chi connectivity index (χ2v) is 8.51. The molecule has 1 aromatic rings. The second-order valence-electron chi connectivity index (χ2n) is 5.74. The Labute approximate surface area is 164 Å². The lowest BCUT2D eigenvalue weighted by Crippen LogP contribution is -2.54. The molecule has 0 unspecified atom stereocenters. The summed E-state index contributed by atoms with van der Waals surface area (Å²) in [7, 11) is -3.47. The Morgan fingerprint density at radius 2 is 1.77 bits per heavy atom. The molecule has 1 saturated heterocycles. The van der Waals surface area contributed by atoms with Crippen molar-refractivity contribution < 1.29 is 17.9 Å². The molecule has 146 valence electrons. The van der Waals surface area contributed by atoms with Crippen molar-refractivity contribution in [3.63, 3.8) is 0 Å². The Morgan fingerprint density at radius 3 is 2.35 bits per heavy atom. The fraction of sp³-hybridized carbons (Fsp3) is 0.562. The van der Waals surface area contributed by atoms with Gasteiger partial charge in [0, 0.05) is 50.4 Å². The Morgan fingerprint density at radius 1 is 1.15 bits per heavy atom. The molecule has 1 heterocycles. The van der Waals surface area contributed by atoms with E-state index in [2.05, 4.69) is 0 Å². The number of hydrogen-bond acceptors (Lipinski definition) is 4. The van der Waals surface area contributed by atoms with E-state index in [9.17, 15) is 13.2 Å². The summed E-state index contributed by atoms with van der Waals surface area (Å²) < 4.78 is 33.3. The van der Waals surface area contributed by atoms with Crippen molar-refractivity contribution in [2.75, 3.05) is 45.9 Å². The van der Waals surface area contributed by atoms with Crippen molar-refractivity contribution in [3.8, 4) is 5.75 Å². The number of rotatable bonds is 7. The summed E-state index contributed by atoms with van der Waals surface area (Å²) in [4.78, 5) is 13.9. The minimum atomic E-state index is -3.47. The Balaban J connectivity index is 1.89. The van der Waals surface area contributed by atoms with E-state index in [1.54, 1.807) is 36.9 Å². The molecule has 1 aliphatic rings. The molecule has 0 aromatic heterocycles. The van der Waals surface area contributed by atoms with Gasteiger partial charge in [-0.1, -0.05) is 37.0 Å². The molecular formula is C16H23Cl2N3O4S. The third-order valence-corrected chi connectivity index (χ3v) is 6.93. The maximum atomic E-state index is 12.5. The van der Waals surface area contributed by atoms with Crippen LogP contribution in [0.2, 0.25) is 10.0 Å². The maximum absolute atomic E-state index is 12.5. The van der Waals surface area contributed by atoms with Crippen LogP contribution in [0.1, 0.15) is 13.8 Å². The molecule has 1 amide bonds. The fourth-order valence-corrected chi connectivity index (χ4v) is 4.64. The second kappa shape index (κ2) is 9.23. The van der Waals surface area contributed by atoms with E-state index >= 15 is 0 Å². The van der Waals surface area contributed by atoms with Gasteiger partial charge in [-0.05, 0) is 12.1 Å². The summed E-state index contributed by atoms with van der Waals surface area (Å²) in [6.45, 7) is 5.46. The zero-order valence-electron chi connectivity index (χ0n) is 14.8. The molecule has 0 spiro atoms. The molecule has 0 saturated carbocycles. The van der Waals surface area contributed by atoms with Crippen LogP contribution in [0.5, 0.6) is 5.75 Å². The van der Waals surface area contributed by atoms with Gasteiger partial charge in [0.25, 0.3) is 16.1 Å². The topological polar surface area (TPSA) is 70.2 Å². The molecule has 2 rings (SSSR count). The molecule has 26 heavy (non-hydrogen) atoms. The zero-order chi connectivity index (χ0) is 19.3. The van der Waals surface area contributed by atoms with Gasteiger partial charge in [0.2, 0.25) is 0 Å². The lowest BCUT2D eigenvalue weighted by Gasteiger charge is -2.36. The number of ether oxygens (including phenoxy) is 1. The Kier molecular flexibility index (Phi) is 7.54. The van der Waals surface area contributed by atoms with Gasteiger partial charge >= 0.3 is 0 Å². The SMILES string of the molecule is CCN(CC)S(=O)(=O)N1CCN(C(=O)COc2cc(Cl)ccc2Cl)CC1. The first kappa shape index (κ1) is 21.2. The molecular weight excluding hydrogens is 401 g/mol. The van der Waals surface area contributed by atoms with E-state index in [4.69, 9.17) is 27.9 Å². The predicted molar refractivity (Wildman–Crippen MR) is 102 cm³/mol. The Hall–Kier alpha value is -1.06. The van der Waals surface area contributed by atoms with Crippen LogP contribution in [-0.2, 0) is 15.0 Å². The van der Waals surface area contributed by atoms with Gasteiger partial charge < -0.3 is 9.64 Å². The number of carbonyl (C=O) groups excluding carboxylic acids is 1. The van der Waals surface area contributed by atoms with Crippen LogP contribution < -0.4 is 4.74 Å². The molecule has 0 bridgehead atoms. The highest BCUT2D eigenvalue weighted by Gasteiger charge is 2.32. The van der Waals surface area contributed by atoms with Crippen LogP contribution in [0.25, 0.3) is 0 Å². The number of carbonyl (C=O) groups is 1. The van der Waals surface area contributed by atoms with E-state index in [1.165, 1.54) is 8.61 Å². The normalized spacial score (nSPS) is 16.1. The van der Waals surface area contributed by atoms with Crippen molar-refractivity contribution >= 4 is 39.3 Å². The molecule has 0 radical (unpaired) electrons. The van der Waals surface area contributed by atoms with Crippen LogP contribution in [0, 0.1) is 0 Å². The maximum Gasteiger partial charge on any atom is 0.282 e. The first-order valence-corrected chi connectivity index (χ1v) is 10.6. The van der Waals surface area contributed by atoms with Crippen LogP contribution in [0.4, 0.5) is 0 Å². The zero-order valence-corrected chi connectivity index (χ0v) is 17.1. The minimum absolute atomic E-state index is 0.178. The van der Waals surface area contributed by atoms with Gasteiger partial charge in [0.15, 0.2) is 6.61 Å².